The topological polar surface area (TPSA) is 33.4 Å². The average molecular weight is 162 g/mol. The van der Waals surface area contributed by atoms with Crippen molar-refractivity contribution in [1.82, 2.24) is 0 Å². The van der Waals surface area contributed by atoms with Crippen LogP contribution in [0.1, 0.15) is 11.1 Å². The quantitative estimate of drug-likeness (QED) is 0.646. The maximum absolute atomic E-state index is 9.39. The van der Waals surface area contributed by atoms with E-state index in [-0.39, 0.29) is 5.75 Å². The Morgan fingerprint density at radius 2 is 2.00 bits per heavy atom. The van der Waals surface area contributed by atoms with Gasteiger partial charge in [0, 0.05) is 0 Å². The molecule has 2 nitrogen and oxygen atoms in total. The minimum atomic E-state index is 0.225. The molecule has 62 valence electrons. The van der Waals surface area contributed by atoms with Gasteiger partial charge in [0.2, 0.25) is 0 Å². The van der Waals surface area contributed by atoms with Crippen molar-refractivity contribution in [2.45, 2.75) is 13.8 Å². The van der Waals surface area contributed by atoms with Crippen molar-refractivity contribution in [3.8, 4) is 5.75 Å². The van der Waals surface area contributed by atoms with Crippen molar-refractivity contribution in [3.05, 3.63) is 29.5 Å². The largest absolute Gasteiger partial charge is 0.504 e. The highest BCUT2D eigenvalue weighted by Gasteiger charge is 2.06. The van der Waals surface area contributed by atoms with E-state index >= 15 is 0 Å². The van der Waals surface area contributed by atoms with Gasteiger partial charge in [0.1, 0.15) is 11.8 Å². The van der Waals surface area contributed by atoms with E-state index in [0.717, 1.165) is 22.1 Å². The number of hydrogen-bond donors (Lipinski definition) is 1. The van der Waals surface area contributed by atoms with E-state index in [9.17, 15) is 5.11 Å². The van der Waals surface area contributed by atoms with Crippen LogP contribution in [0.2, 0.25) is 0 Å². The summed E-state index contributed by atoms with van der Waals surface area (Å²) < 4.78 is 5.16. The summed E-state index contributed by atoms with van der Waals surface area (Å²) in [5.74, 6) is 0.225. The van der Waals surface area contributed by atoms with E-state index in [1.807, 2.05) is 26.0 Å². The minimum absolute atomic E-state index is 0.225. The van der Waals surface area contributed by atoms with Crippen molar-refractivity contribution in [2.75, 3.05) is 0 Å². The summed E-state index contributed by atoms with van der Waals surface area (Å²) in [5.41, 5.74) is 2.95. The molecule has 12 heavy (non-hydrogen) atoms. The second kappa shape index (κ2) is 2.27. The van der Waals surface area contributed by atoms with Gasteiger partial charge in [-0.05, 0) is 31.0 Å². The number of aromatic hydroxyl groups is 1. The summed E-state index contributed by atoms with van der Waals surface area (Å²) in [5, 5.41) is 10.2. The van der Waals surface area contributed by atoms with E-state index in [2.05, 4.69) is 0 Å². The van der Waals surface area contributed by atoms with E-state index in [4.69, 9.17) is 4.42 Å². The smallest absolute Gasteiger partial charge is 0.162 e. The SMILES string of the molecule is Cc1cc(C)c2c(O)coc2c1. The molecule has 0 bridgehead atoms. The third-order valence-corrected chi connectivity index (χ3v) is 2.00. The molecule has 2 aromatic rings. The Bertz CT molecular complexity index is 427. The van der Waals surface area contributed by atoms with Gasteiger partial charge in [0.05, 0.1) is 5.39 Å². The van der Waals surface area contributed by atoms with Gasteiger partial charge in [-0.1, -0.05) is 6.07 Å². The van der Waals surface area contributed by atoms with Crippen LogP contribution >= 0.6 is 0 Å². The van der Waals surface area contributed by atoms with Crippen molar-refractivity contribution >= 4 is 11.0 Å². The minimum Gasteiger partial charge on any atom is -0.504 e. The van der Waals surface area contributed by atoms with Crippen molar-refractivity contribution in [1.29, 1.82) is 0 Å². The number of benzene rings is 1. The molecule has 1 heterocycles. The second-order valence-electron chi connectivity index (χ2n) is 3.08. The number of furan rings is 1. The lowest BCUT2D eigenvalue weighted by atomic mass is 10.1. The first-order chi connectivity index (χ1) is 5.68. The fourth-order valence-corrected chi connectivity index (χ4v) is 1.53. The fourth-order valence-electron chi connectivity index (χ4n) is 1.53. The van der Waals surface area contributed by atoms with Gasteiger partial charge in [-0.15, -0.1) is 0 Å². The van der Waals surface area contributed by atoms with Crippen molar-refractivity contribution in [3.63, 3.8) is 0 Å². The summed E-state index contributed by atoms with van der Waals surface area (Å²) in [6.07, 6.45) is 1.37. The second-order valence-corrected chi connectivity index (χ2v) is 3.08. The molecular weight excluding hydrogens is 152 g/mol. The summed E-state index contributed by atoms with van der Waals surface area (Å²) in [4.78, 5) is 0. The summed E-state index contributed by atoms with van der Waals surface area (Å²) in [6.45, 7) is 3.97. The number of rotatable bonds is 0. The normalized spacial score (nSPS) is 10.8. The highest BCUT2D eigenvalue weighted by atomic mass is 16.4. The van der Waals surface area contributed by atoms with Crippen LogP contribution in [0.4, 0.5) is 0 Å². The lowest BCUT2D eigenvalue weighted by Gasteiger charge is -1.97. The van der Waals surface area contributed by atoms with E-state index in [1.54, 1.807) is 0 Å². The Kier molecular flexibility index (Phi) is 1.37. The molecule has 0 radical (unpaired) electrons. The zero-order valence-corrected chi connectivity index (χ0v) is 7.09. The molecule has 1 N–H and O–H groups in total. The van der Waals surface area contributed by atoms with E-state index in [1.165, 1.54) is 6.26 Å². The predicted octanol–water partition coefficient (Wildman–Crippen LogP) is 2.76. The molecule has 0 unspecified atom stereocenters. The summed E-state index contributed by atoms with van der Waals surface area (Å²) in [6, 6.07) is 3.94. The molecule has 0 aliphatic carbocycles. The predicted molar refractivity (Wildman–Crippen MR) is 47.4 cm³/mol. The summed E-state index contributed by atoms with van der Waals surface area (Å²) >= 11 is 0. The van der Waals surface area contributed by atoms with Crippen LogP contribution in [-0.2, 0) is 0 Å². The van der Waals surface area contributed by atoms with Crippen LogP contribution in [-0.4, -0.2) is 5.11 Å². The van der Waals surface area contributed by atoms with Crippen LogP contribution in [0.3, 0.4) is 0 Å². The van der Waals surface area contributed by atoms with Crippen molar-refractivity contribution in [2.24, 2.45) is 0 Å². The van der Waals surface area contributed by atoms with Crippen LogP contribution < -0.4 is 0 Å². The van der Waals surface area contributed by atoms with Gasteiger partial charge >= 0.3 is 0 Å². The zero-order chi connectivity index (χ0) is 8.72. The zero-order valence-electron chi connectivity index (χ0n) is 7.09. The average Bonchev–Trinajstić information content (AvgIpc) is 2.31. The van der Waals surface area contributed by atoms with Gasteiger partial charge in [0.25, 0.3) is 0 Å². The first kappa shape index (κ1) is 7.22. The Labute approximate surface area is 70.4 Å². The van der Waals surface area contributed by atoms with Gasteiger partial charge in [-0.2, -0.15) is 0 Å². The van der Waals surface area contributed by atoms with Crippen LogP contribution in [0.5, 0.6) is 5.75 Å². The molecule has 0 fully saturated rings. The lowest BCUT2D eigenvalue weighted by Crippen LogP contribution is -1.77. The highest BCUT2D eigenvalue weighted by molar-refractivity contribution is 5.87. The third-order valence-electron chi connectivity index (χ3n) is 2.00. The van der Waals surface area contributed by atoms with Crippen molar-refractivity contribution < 1.29 is 9.52 Å². The van der Waals surface area contributed by atoms with E-state index in [0.29, 0.717) is 0 Å². The molecule has 0 saturated carbocycles. The first-order valence-electron chi connectivity index (χ1n) is 3.86. The molecule has 0 aliphatic heterocycles. The molecule has 0 saturated heterocycles. The number of aryl methyl sites for hydroxylation is 2. The Hall–Kier alpha value is -1.44. The number of hydrogen-bond acceptors (Lipinski definition) is 2. The molecule has 0 aliphatic rings. The molecule has 0 spiro atoms. The third kappa shape index (κ3) is 0.881. The van der Waals surface area contributed by atoms with E-state index < -0.39 is 0 Å². The van der Waals surface area contributed by atoms with Crippen LogP contribution in [0.15, 0.2) is 22.8 Å². The monoisotopic (exact) mass is 162 g/mol. The molecule has 1 aromatic heterocycles. The standard InChI is InChI=1S/C10H10O2/c1-6-3-7(2)10-8(11)5-12-9(10)4-6/h3-5,11H,1-2H3. The van der Waals surface area contributed by atoms with Crippen LogP contribution in [0.25, 0.3) is 11.0 Å². The molecule has 0 amide bonds. The van der Waals surface area contributed by atoms with Gasteiger partial charge in [-0.25, -0.2) is 0 Å². The molecule has 2 rings (SSSR count). The fraction of sp³-hybridized carbons (Fsp3) is 0.200. The highest BCUT2D eigenvalue weighted by Crippen LogP contribution is 2.30. The number of fused-ring (bicyclic) bond motifs is 1. The Morgan fingerprint density at radius 3 is 2.75 bits per heavy atom. The van der Waals surface area contributed by atoms with Gasteiger partial charge < -0.3 is 9.52 Å². The maximum atomic E-state index is 9.39. The lowest BCUT2D eigenvalue weighted by molar-refractivity contribution is 0.464. The molecular formula is C10H10O2. The summed E-state index contributed by atoms with van der Waals surface area (Å²) in [7, 11) is 0. The van der Waals surface area contributed by atoms with Crippen LogP contribution in [0, 0.1) is 13.8 Å². The molecule has 1 aromatic carbocycles. The maximum Gasteiger partial charge on any atom is 0.162 e. The van der Waals surface area contributed by atoms with Gasteiger partial charge in [-0.3, -0.25) is 0 Å². The molecule has 0 atom stereocenters. The first-order valence-corrected chi connectivity index (χ1v) is 3.86. The molecule has 2 heteroatoms. The van der Waals surface area contributed by atoms with Gasteiger partial charge in [0.15, 0.2) is 5.75 Å². The Morgan fingerprint density at radius 1 is 1.25 bits per heavy atom. The Balaban J connectivity index is 2.93.